The molecule has 0 spiro atoms. The van der Waals surface area contributed by atoms with Crippen LogP contribution in [0.1, 0.15) is 27.2 Å². The second kappa shape index (κ2) is 7.54. The van der Waals surface area contributed by atoms with Gasteiger partial charge in [0.2, 0.25) is 0 Å². The zero-order valence-corrected chi connectivity index (χ0v) is 17.8. The topological polar surface area (TPSA) is 32.7 Å². The molecule has 24 heavy (non-hydrogen) atoms. The number of aliphatic hydroxyl groups is 1. The smallest absolute Gasteiger partial charge is 0.191 e. The summed E-state index contributed by atoms with van der Waals surface area (Å²) in [5, 5.41) is 12.0. The van der Waals surface area contributed by atoms with Gasteiger partial charge < -0.3 is 14.4 Å². The van der Waals surface area contributed by atoms with E-state index in [0.29, 0.717) is 23.2 Å². The summed E-state index contributed by atoms with van der Waals surface area (Å²) in [6, 6.07) is 5.50. The maximum absolute atomic E-state index is 10.6. The first-order valence-electron chi connectivity index (χ1n) is 8.53. The van der Waals surface area contributed by atoms with Gasteiger partial charge in [-0.05, 0) is 42.8 Å². The molecule has 0 bridgehead atoms. The molecule has 3 nitrogen and oxygen atoms in total. The van der Waals surface area contributed by atoms with Crippen molar-refractivity contribution in [2.75, 3.05) is 24.6 Å². The molecule has 1 N–H and O–H groups in total. The normalized spacial score (nSPS) is 22.8. The molecule has 0 amide bonds. The molecule has 1 aliphatic heterocycles. The lowest BCUT2D eigenvalue weighted by Crippen LogP contribution is -2.48. The molecular weight excluding hydrogens is 361 g/mol. The van der Waals surface area contributed by atoms with Crippen molar-refractivity contribution in [1.82, 2.24) is 0 Å². The van der Waals surface area contributed by atoms with Gasteiger partial charge >= 0.3 is 0 Å². The Bertz CT molecular complexity index is 575. The Balaban J connectivity index is 1.96. The summed E-state index contributed by atoms with van der Waals surface area (Å²) in [6.07, 6.45) is 0.490. The van der Waals surface area contributed by atoms with Gasteiger partial charge in [-0.1, -0.05) is 44.0 Å². The first kappa shape index (κ1) is 20.1. The van der Waals surface area contributed by atoms with Gasteiger partial charge in [-0.2, -0.15) is 0 Å². The number of β-amino-alcohol motifs (C(OH)–C–C–N with tert-alkyl or cyclic N) is 1. The van der Waals surface area contributed by atoms with Gasteiger partial charge in [0.15, 0.2) is 8.32 Å². The Morgan fingerprint density at radius 2 is 1.96 bits per heavy atom. The van der Waals surface area contributed by atoms with E-state index in [1.54, 1.807) is 6.07 Å². The maximum atomic E-state index is 10.6. The molecule has 0 aromatic heterocycles. The monoisotopic (exact) mass is 389 g/mol. The van der Waals surface area contributed by atoms with Crippen molar-refractivity contribution in [2.24, 2.45) is 5.92 Å². The van der Waals surface area contributed by atoms with Crippen molar-refractivity contribution in [3.63, 3.8) is 0 Å². The Labute approximate surface area is 157 Å². The number of hydrogen-bond acceptors (Lipinski definition) is 3. The maximum Gasteiger partial charge on any atom is 0.191 e. The predicted molar refractivity (Wildman–Crippen MR) is 106 cm³/mol. The number of nitrogens with zero attached hydrogens (tertiary/aromatic N) is 1. The molecule has 0 aliphatic carbocycles. The molecule has 1 aromatic carbocycles. The van der Waals surface area contributed by atoms with Crippen molar-refractivity contribution in [3.05, 3.63) is 28.2 Å². The highest BCUT2D eigenvalue weighted by atomic mass is 35.5. The average molecular weight is 390 g/mol. The second-order valence-corrected chi connectivity index (χ2v) is 13.9. The first-order chi connectivity index (χ1) is 11.0. The number of anilines is 1. The van der Waals surface area contributed by atoms with Crippen LogP contribution in [0.3, 0.4) is 0 Å². The Morgan fingerprint density at radius 3 is 2.50 bits per heavy atom. The lowest BCUT2D eigenvalue weighted by Gasteiger charge is -2.41. The number of aliphatic hydroxyl groups excluding tert-OH is 1. The fraction of sp³-hybridized carbons (Fsp3) is 0.667. The average Bonchev–Trinajstić information content (AvgIpc) is 2.44. The van der Waals surface area contributed by atoms with Crippen LogP contribution in [0, 0.1) is 5.92 Å². The Kier molecular flexibility index (Phi) is 6.30. The van der Waals surface area contributed by atoms with E-state index in [1.807, 2.05) is 12.1 Å². The van der Waals surface area contributed by atoms with E-state index in [-0.39, 0.29) is 11.0 Å². The highest BCUT2D eigenvalue weighted by Gasteiger charge is 2.39. The Morgan fingerprint density at radius 1 is 1.29 bits per heavy atom. The summed E-state index contributed by atoms with van der Waals surface area (Å²) < 4.78 is 6.30. The van der Waals surface area contributed by atoms with Gasteiger partial charge in [0.05, 0.1) is 16.8 Å². The van der Waals surface area contributed by atoms with Crippen LogP contribution < -0.4 is 4.90 Å². The fourth-order valence-electron chi connectivity index (χ4n) is 2.66. The largest absolute Gasteiger partial charge is 0.416 e. The van der Waals surface area contributed by atoms with Gasteiger partial charge in [0, 0.05) is 30.6 Å². The van der Waals surface area contributed by atoms with Gasteiger partial charge in [-0.15, -0.1) is 0 Å². The summed E-state index contributed by atoms with van der Waals surface area (Å²) in [5.74, 6) is 0.182. The molecule has 0 unspecified atom stereocenters. The van der Waals surface area contributed by atoms with Gasteiger partial charge in [0.25, 0.3) is 0 Å². The van der Waals surface area contributed by atoms with E-state index in [1.165, 1.54) is 0 Å². The van der Waals surface area contributed by atoms with Crippen LogP contribution in [0.4, 0.5) is 5.69 Å². The van der Waals surface area contributed by atoms with E-state index < -0.39 is 14.4 Å². The van der Waals surface area contributed by atoms with Crippen molar-refractivity contribution < 1.29 is 9.53 Å². The second-order valence-electron chi connectivity index (χ2n) is 8.23. The summed E-state index contributed by atoms with van der Waals surface area (Å²) >= 11 is 12.3. The molecule has 1 fully saturated rings. The highest BCUT2D eigenvalue weighted by molar-refractivity contribution is 6.74. The standard InChI is InChI=1S/C18H29Cl2NO2Si/c1-18(2,3)24(4,5)23-12-13-8-9-21(11-17(13)22)16-7-6-14(19)10-15(16)20/h6-7,10,13,17,22H,8-9,11-12H2,1-5H3/t13-,17+/m1/s1. The van der Waals surface area contributed by atoms with Gasteiger partial charge in [-0.3, -0.25) is 0 Å². The molecule has 0 saturated carbocycles. The van der Waals surface area contributed by atoms with Crippen LogP contribution in [0.15, 0.2) is 18.2 Å². The minimum absolute atomic E-state index is 0.182. The van der Waals surface area contributed by atoms with Crippen LogP contribution in [0.25, 0.3) is 0 Å². The molecule has 1 aromatic rings. The van der Waals surface area contributed by atoms with Gasteiger partial charge in [-0.25, -0.2) is 0 Å². The van der Waals surface area contributed by atoms with Crippen molar-refractivity contribution in [3.8, 4) is 0 Å². The van der Waals surface area contributed by atoms with E-state index in [9.17, 15) is 5.11 Å². The van der Waals surface area contributed by atoms with Crippen LogP contribution in [-0.4, -0.2) is 39.2 Å². The number of benzene rings is 1. The lowest BCUT2D eigenvalue weighted by atomic mass is 9.94. The zero-order chi connectivity index (χ0) is 18.1. The number of hydrogen-bond donors (Lipinski definition) is 1. The third-order valence-corrected chi connectivity index (χ3v) is 10.5. The van der Waals surface area contributed by atoms with Crippen LogP contribution in [0.5, 0.6) is 0 Å². The predicted octanol–water partition coefficient (Wildman–Crippen LogP) is 5.20. The first-order valence-corrected chi connectivity index (χ1v) is 12.2. The third-order valence-electron chi connectivity index (χ3n) is 5.44. The van der Waals surface area contributed by atoms with Crippen LogP contribution in [-0.2, 0) is 4.43 Å². The molecule has 1 heterocycles. The van der Waals surface area contributed by atoms with Crippen molar-refractivity contribution in [2.45, 2.75) is 51.4 Å². The summed E-state index contributed by atoms with van der Waals surface area (Å²) in [5.41, 5.74) is 0.934. The SMILES string of the molecule is CC(C)(C)[Si](C)(C)OC[C@H]1CCN(c2ccc(Cl)cc2Cl)C[C@@H]1O. The van der Waals surface area contributed by atoms with Crippen molar-refractivity contribution in [1.29, 1.82) is 0 Å². The Hall–Kier alpha value is -0.263. The molecule has 1 aliphatic rings. The zero-order valence-electron chi connectivity index (χ0n) is 15.3. The number of rotatable bonds is 4. The molecular formula is C18H29Cl2NO2Si. The minimum Gasteiger partial charge on any atom is -0.416 e. The summed E-state index contributed by atoms with van der Waals surface area (Å²) in [7, 11) is -1.78. The van der Waals surface area contributed by atoms with E-state index in [2.05, 4.69) is 38.8 Å². The molecule has 2 rings (SSSR count). The number of piperidine rings is 1. The molecule has 1 saturated heterocycles. The highest BCUT2D eigenvalue weighted by Crippen LogP contribution is 2.38. The van der Waals surface area contributed by atoms with Crippen molar-refractivity contribution >= 4 is 37.2 Å². The molecule has 6 heteroatoms. The quantitative estimate of drug-likeness (QED) is 0.717. The fourth-order valence-corrected chi connectivity index (χ4v) is 4.25. The minimum atomic E-state index is -1.78. The summed E-state index contributed by atoms with van der Waals surface area (Å²) in [6.45, 7) is 13.3. The third kappa shape index (κ3) is 4.67. The number of halogens is 2. The van der Waals surface area contributed by atoms with Crippen LogP contribution in [0.2, 0.25) is 28.2 Å². The lowest BCUT2D eigenvalue weighted by molar-refractivity contribution is 0.0579. The molecule has 136 valence electrons. The van der Waals surface area contributed by atoms with Gasteiger partial charge in [0.1, 0.15) is 0 Å². The van der Waals surface area contributed by atoms with E-state index >= 15 is 0 Å². The van der Waals surface area contributed by atoms with Crippen LogP contribution >= 0.6 is 23.2 Å². The van der Waals surface area contributed by atoms with E-state index in [4.69, 9.17) is 27.6 Å². The molecule has 0 radical (unpaired) electrons. The summed E-state index contributed by atoms with van der Waals surface area (Å²) in [4.78, 5) is 2.13. The van der Waals surface area contributed by atoms with E-state index in [0.717, 1.165) is 18.7 Å². The molecule has 2 atom stereocenters.